The van der Waals surface area contributed by atoms with Crippen LogP contribution in [0.15, 0.2) is 6.33 Å². The SMILES string of the molecule is CNC1(NCCCCc2nc[nH]c2C)c2c([N+](=O)[O-])c(O)c([N+](=O)[O-])c(c2[N+](=O)[O-])C1[N+](=O)[O-]. The molecule has 17 heteroatoms. The van der Waals surface area contributed by atoms with Crippen molar-refractivity contribution in [1.29, 1.82) is 0 Å². The summed E-state index contributed by atoms with van der Waals surface area (Å²) < 4.78 is 0. The van der Waals surface area contributed by atoms with Gasteiger partial charge in [0, 0.05) is 10.6 Å². The Hall–Kier alpha value is -4.25. The van der Waals surface area contributed by atoms with Gasteiger partial charge in [0.15, 0.2) is 16.8 Å². The van der Waals surface area contributed by atoms with E-state index in [1.54, 1.807) is 0 Å². The van der Waals surface area contributed by atoms with Crippen molar-refractivity contribution >= 4 is 17.1 Å². The number of likely N-dealkylation sites (N-methyl/N-ethyl adjacent to an activating group) is 1. The van der Waals surface area contributed by atoms with E-state index >= 15 is 0 Å². The van der Waals surface area contributed by atoms with Crippen LogP contribution in [0, 0.1) is 47.4 Å². The molecule has 4 N–H and O–H groups in total. The molecular formula is C17H20N8O9. The third-order valence-electron chi connectivity index (χ3n) is 5.84. The van der Waals surface area contributed by atoms with Crippen molar-refractivity contribution in [3.63, 3.8) is 0 Å². The number of imidazole rings is 1. The second-order valence-electron chi connectivity index (χ2n) is 7.56. The Morgan fingerprint density at radius 1 is 1.06 bits per heavy atom. The molecule has 0 radical (unpaired) electrons. The van der Waals surface area contributed by atoms with Gasteiger partial charge in [0.1, 0.15) is 0 Å². The zero-order valence-electron chi connectivity index (χ0n) is 17.9. The predicted octanol–water partition coefficient (Wildman–Crippen LogP) is 1.46. The summed E-state index contributed by atoms with van der Waals surface area (Å²) >= 11 is 0. The van der Waals surface area contributed by atoms with Crippen LogP contribution in [0.2, 0.25) is 0 Å². The number of aromatic amines is 1. The van der Waals surface area contributed by atoms with Gasteiger partial charge in [-0.2, -0.15) is 0 Å². The minimum atomic E-state index is -2.27. The molecule has 1 aliphatic carbocycles. The van der Waals surface area contributed by atoms with E-state index in [1.165, 1.54) is 13.4 Å². The number of nitro groups is 4. The highest BCUT2D eigenvalue weighted by molar-refractivity contribution is 5.81. The van der Waals surface area contributed by atoms with Crippen molar-refractivity contribution in [3.05, 3.63) is 69.3 Å². The Kier molecular flexibility index (Phi) is 6.42. The van der Waals surface area contributed by atoms with Crippen LogP contribution in [0.25, 0.3) is 0 Å². The Morgan fingerprint density at radius 3 is 2.15 bits per heavy atom. The number of benzene rings is 1. The lowest BCUT2D eigenvalue weighted by Gasteiger charge is -2.30. The highest BCUT2D eigenvalue weighted by Gasteiger charge is 2.68. The topological polar surface area (TPSA) is 246 Å². The molecule has 1 aliphatic rings. The Labute approximate surface area is 189 Å². The minimum absolute atomic E-state index is 0.00399. The summed E-state index contributed by atoms with van der Waals surface area (Å²) in [4.78, 5) is 49.7. The number of rotatable bonds is 11. The van der Waals surface area contributed by atoms with E-state index in [0.717, 1.165) is 11.4 Å². The molecule has 0 amide bonds. The molecule has 2 unspecified atom stereocenters. The van der Waals surface area contributed by atoms with Gasteiger partial charge >= 0.3 is 17.1 Å². The fourth-order valence-electron chi connectivity index (χ4n) is 4.40. The maximum absolute atomic E-state index is 12.1. The number of aromatic hydroxyl groups is 1. The molecule has 2 bridgehead atoms. The van der Waals surface area contributed by atoms with Crippen LogP contribution in [0.3, 0.4) is 0 Å². The number of hydrogen-bond donors (Lipinski definition) is 4. The zero-order chi connectivity index (χ0) is 25.4. The number of phenolic OH excluding ortho intramolecular Hbond substituents is 1. The number of nitrogens with one attached hydrogen (secondary N) is 3. The number of nitro benzene ring substituents is 3. The van der Waals surface area contributed by atoms with Crippen LogP contribution in [0.1, 0.15) is 41.4 Å². The number of unbranched alkanes of at least 4 members (excludes halogenated alkanes) is 1. The van der Waals surface area contributed by atoms with Gasteiger partial charge in [-0.3, -0.25) is 51.1 Å². The van der Waals surface area contributed by atoms with Crippen LogP contribution in [-0.2, 0) is 12.1 Å². The quantitative estimate of drug-likeness (QED) is 0.154. The summed E-state index contributed by atoms with van der Waals surface area (Å²) in [6, 6.07) is -2.21. The van der Waals surface area contributed by atoms with E-state index in [9.17, 15) is 45.6 Å². The average Bonchev–Trinajstić information content (AvgIpc) is 3.24. The van der Waals surface area contributed by atoms with Crippen LogP contribution < -0.4 is 10.6 Å². The molecule has 3 rings (SSSR count). The van der Waals surface area contributed by atoms with E-state index < -0.39 is 65.3 Å². The normalized spacial score (nSPS) is 18.7. The maximum atomic E-state index is 12.1. The first-order chi connectivity index (χ1) is 16.0. The second kappa shape index (κ2) is 8.94. The Bertz CT molecular complexity index is 1200. The van der Waals surface area contributed by atoms with Gasteiger partial charge in [-0.15, -0.1) is 0 Å². The molecule has 2 atom stereocenters. The molecule has 1 aromatic heterocycles. The Morgan fingerprint density at radius 2 is 1.68 bits per heavy atom. The van der Waals surface area contributed by atoms with Crippen molar-refractivity contribution in [2.45, 2.75) is 37.9 Å². The minimum Gasteiger partial charge on any atom is -0.497 e. The lowest BCUT2D eigenvalue weighted by molar-refractivity contribution is -0.546. The molecule has 182 valence electrons. The molecule has 0 saturated carbocycles. The lowest BCUT2D eigenvalue weighted by Crippen LogP contribution is -2.56. The van der Waals surface area contributed by atoms with E-state index in [0.29, 0.717) is 19.3 Å². The second-order valence-corrected chi connectivity index (χ2v) is 7.56. The van der Waals surface area contributed by atoms with Crippen molar-refractivity contribution in [2.75, 3.05) is 13.6 Å². The molecule has 0 fully saturated rings. The molecule has 0 spiro atoms. The third-order valence-corrected chi connectivity index (χ3v) is 5.84. The zero-order valence-corrected chi connectivity index (χ0v) is 17.9. The summed E-state index contributed by atoms with van der Waals surface area (Å²) in [6.07, 6.45) is 3.02. The molecule has 34 heavy (non-hydrogen) atoms. The number of fused-ring (bicyclic) bond motifs is 2. The summed E-state index contributed by atoms with van der Waals surface area (Å²) in [5.41, 5.74) is -6.40. The van der Waals surface area contributed by atoms with Crippen molar-refractivity contribution in [1.82, 2.24) is 20.6 Å². The third kappa shape index (κ3) is 3.65. The molecule has 1 aromatic carbocycles. The van der Waals surface area contributed by atoms with Gasteiger partial charge < -0.3 is 10.1 Å². The molecule has 0 saturated heterocycles. The Balaban J connectivity index is 2.09. The average molecular weight is 480 g/mol. The molecule has 0 aliphatic heterocycles. The van der Waals surface area contributed by atoms with E-state index in [-0.39, 0.29) is 6.54 Å². The van der Waals surface area contributed by atoms with E-state index in [4.69, 9.17) is 0 Å². The van der Waals surface area contributed by atoms with Gasteiger partial charge in [-0.1, -0.05) is 0 Å². The molecule has 17 nitrogen and oxygen atoms in total. The monoisotopic (exact) mass is 480 g/mol. The molecule has 1 heterocycles. The van der Waals surface area contributed by atoms with Crippen LogP contribution in [0.5, 0.6) is 5.75 Å². The fraction of sp³-hybridized carbons (Fsp3) is 0.471. The summed E-state index contributed by atoms with van der Waals surface area (Å²) in [5, 5.41) is 62.8. The summed E-state index contributed by atoms with van der Waals surface area (Å²) in [7, 11) is 1.17. The van der Waals surface area contributed by atoms with Gasteiger partial charge in [0.25, 0.3) is 11.8 Å². The first kappa shape index (κ1) is 24.4. The highest BCUT2D eigenvalue weighted by Crippen LogP contribution is 2.61. The lowest BCUT2D eigenvalue weighted by atomic mass is 9.97. The molecular weight excluding hydrogens is 460 g/mol. The van der Waals surface area contributed by atoms with Gasteiger partial charge in [-0.25, -0.2) is 4.98 Å². The number of hydrogen-bond acceptors (Lipinski definition) is 12. The van der Waals surface area contributed by atoms with Crippen LogP contribution in [0.4, 0.5) is 17.1 Å². The summed E-state index contributed by atoms with van der Waals surface area (Å²) in [6.45, 7) is 1.83. The first-order valence-electron chi connectivity index (χ1n) is 9.92. The van der Waals surface area contributed by atoms with Gasteiger partial charge in [0.2, 0.25) is 0 Å². The van der Waals surface area contributed by atoms with E-state index in [2.05, 4.69) is 20.6 Å². The van der Waals surface area contributed by atoms with Crippen molar-refractivity contribution in [2.24, 2.45) is 0 Å². The van der Waals surface area contributed by atoms with E-state index in [1.807, 2.05) is 6.92 Å². The standard InChI is InChI=1S/C17H20N8O9/c1-8-9(20-7-19-8)5-3-4-6-21-17(18-2)11-12(22(27)28)10(16(17)25(33)34)13(23(29)30)15(26)14(11)24(31)32/h7,16,18,21,26H,3-6H2,1-2H3,(H,19,20). The number of phenols is 1. The number of H-pyrrole nitrogens is 1. The largest absolute Gasteiger partial charge is 0.497 e. The van der Waals surface area contributed by atoms with Crippen LogP contribution in [-0.4, -0.2) is 48.4 Å². The smallest absolute Gasteiger partial charge is 0.335 e. The number of nitrogens with zero attached hydrogens (tertiary/aromatic N) is 5. The van der Waals surface area contributed by atoms with Gasteiger partial charge in [0.05, 0.1) is 26.8 Å². The van der Waals surface area contributed by atoms with Crippen molar-refractivity contribution in [3.8, 4) is 5.75 Å². The predicted molar refractivity (Wildman–Crippen MR) is 113 cm³/mol. The number of aromatic nitrogens is 2. The first-order valence-corrected chi connectivity index (χ1v) is 9.92. The van der Waals surface area contributed by atoms with Crippen LogP contribution >= 0.6 is 0 Å². The number of aryl methyl sites for hydroxylation is 2. The highest BCUT2D eigenvalue weighted by atomic mass is 16.6. The summed E-state index contributed by atoms with van der Waals surface area (Å²) in [5.74, 6) is -1.48. The molecule has 2 aromatic rings. The fourth-order valence-corrected chi connectivity index (χ4v) is 4.40. The maximum Gasteiger partial charge on any atom is 0.335 e. The van der Waals surface area contributed by atoms with Crippen molar-refractivity contribution < 1.29 is 24.8 Å². The van der Waals surface area contributed by atoms with Gasteiger partial charge in [-0.05, 0) is 39.8 Å².